The van der Waals surface area contributed by atoms with E-state index in [1.807, 2.05) is 41.5 Å². The van der Waals surface area contributed by atoms with Gasteiger partial charge >= 0.3 is 0 Å². The molecule has 0 aromatic heterocycles. The molecule has 0 aliphatic carbocycles. The molecule has 0 fully saturated rings. The number of hydrogen-bond donors (Lipinski definition) is 0. The zero-order valence-electron chi connectivity index (χ0n) is 23.0. The first-order valence-electron chi connectivity index (χ1n) is 11.7. The quantitative estimate of drug-likeness (QED) is 0.467. The van der Waals surface area contributed by atoms with Gasteiger partial charge in [0.15, 0.2) is 0 Å². The predicted molar refractivity (Wildman–Crippen MR) is 133 cm³/mol. The molecule has 0 aliphatic rings. The lowest BCUT2D eigenvalue weighted by molar-refractivity contribution is -0.122. The third-order valence-electron chi connectivity index (χ3n) is 1.98. The highest BCUT2D eigenvalue weighted by Crippen LogP contribution is 1.96. The van der Waals surface area contributed by atoms with Gasteiger partial charge in [-0.3, -0.25) is 9.59 Å². The van der Waals surface area contributed by atoms with Crippen molar-refractivity contribution < 1.29 is 9.59 Å². The fraction of sp³-hybridized carbons (Fsp3) is 0.923. The molecular weight excluding hydrogens is 344 g/mol. The Labute approximate surface area is 181 Å². The van der Waals surface area contributed by atoms with Gasteiger partial charge in [0.25, 0.3) is 0 Å². The molecule has 0 saturated carbocycles. The average Bonchev–Trinajstić information content (AvgIpc) is 2.54. The summed E-state index contributed by atoms with van der Waals surface area (Å²) in [6.07, 6.45) is 3.86. The molecule has 0 spiro atoms. The summed E-state index contributed by atoms with van der Waals surface area (Å²) in [5, 5.41) is 0. The van der Waals surface area contributed by atoms with E-state index in [0.29, 0.717) is 24.4 Å². The Hall–Kier alpha value is -0.660. The van der Waals surface area contributed by atoms with Crippen molar-refractivity contribution in [1.82, 2.24) is 0 Å². The molecule has 176 valence electrons. The maximum absolute atomic E-state index is 10.5. The zero-order chi connectivity index (χ0) is 24.3. The fourth-order valence-corrected chi connectivity index (χ4v) is 0.816. The highest BCUT2D eigenvalue weighted by molar-refractivity contribution is 5.80. The molecule has 0 radical (unpaired) electrons. The van der Waals surface area contributed by atoms with Crippen molar-refractivity contribution in [3.63, 3.8) is 0 Å². The van der Waals surface area contributed by atoms with Gasteiger partial charge in [-0.15, -0.1) is 0 Å². The number of ketones is 2. The summed E-state index contributed by atoms with van der Waals surface area (Å²) in [7, 11) is 0. The van der Waals surface area contributed by atoms with Gasteiger partial charge in [-0.2, -0.15) is 0 Å². The van der Waals surface area contributed by atoms with Crippen LogP contribution in [0.25, 0.3) is 0 Å². The van der Waals surface area contributed by atoms with E-state index in [1.165, 1.54) is 12.8 Å². The summed E-state index contributed by atoms with van der Waals surface area (Å²) in [5.41, 5.74) is 0. The van der Waals surface area contributed by atoms with Gasteiger partial charge in [-0.05, 0) is 11.8 Å². The number of carbonyl (C=O) groups excluding carboxylic acids is 2. The first-order valence-corrected chi connectivity index (χ1v) is 11.7. The van der Waals surface area contributed by atoms with Crippen LogP contribution in [0.5, 0.6) is 0 Å². The van der Waals surface area contributed by atoms with Crippen molar-refractivity contribution in [2.45, 2.75) is 136 Å². The van der Waals surface area contributed by atoms with Crippen LogP contribution in [-0.4, -0.2) is 11.6 Å². The minimum absolute atomic E-state index is 0.227. The fourth-order valence-electron chi connectivity index (χ4n) is 0.816. The molecule has 0 unspecified atom stereocenters. The van der Waals surface area contributed by atoms with Crippen LogP contribution in [0.4, 0.5) is 0 Å². The van der Waals surface area contributed by atoms with Gasteiger partial charge in [0.1, 0.15) is 11.6 Å². The van der Waals surface area contributed by atoms with Crippen LogP contribution in [0.2, 0.25) is 0 Å². The van der Waals surface area contributed by atoms with E-state index in [-0.39, 0.29) is 11.8 Å². The summed E-state index contributed by atoms with van der Waals surface area (Å²) in [6.45, 7) is 33.0. The van der Waals surface area contributed by atoms with Crippen LogP contribution in [0.15, 0.2) is 0 Å². The lowest BCUT2D eigenvalue weighted by Gasteiger charge is -1.96. The molecule has 0 atom stereocenters. The Morgan fingerprint density at radius 1 is 0.464 bits per heavy atom. The molecule has 0 rings (SSSR count). The molecule has 0 saturated heterocycles. The van der Waals surface area contributed by atoms with Crippen molar-refractivity contribution in [2.75, 3.05) is 0 Å². The van der Waals surface area contributed by atoms with E-state index in [4.69, 9.17) is 0 Å². The first-order chi connectivity index (χ1) is 12.7. The second-order valence-electron chi connectivity index (χ2n) is 8.83. The molecule has 0 N–H and O–H groups in total. The Balaban J connectivity index is -0.0000000540. The average molecular weight is 405 g/mol. The van der Waals surface area contributed by atoms with Gasteiger partial charge in [-0.1, -0.05) is 124 Å². The standard InChI is InChI=1S/2C6H12O.2C4H10.2C3H8/c2*1-4-6(7)5(2)3;2*1-4(2)3;2*1-3-2/h2*5H,4H2,1-3H3;2*4H,1-3H3;2*3H2,1-2H3. The van der Waals surface area contributed by atoms with Crippen molar-refractivity contribution in [3.8, 4) is 0 Å². The Morgan fingerprint density at radius 2 is 0.571 bits per heavy atom. The Kier molecular flexibility index (Phi) is 55.2. The van der Waals surface area contributed by atoms with Crippen molar-refractivity contribution in [1.29, 1.82) is 0 Å². The molecule has 0 aliphatic heterocycles. The normalized spacial score (nSPS) is 8.71. The van der Waals surface area contributed by atoms with E-state index >= 15 is 0 Å². The van der Waals surface area contributed by atoms with Gasteiger partial charge in [-0.25, -0.2) is 0 Å². The summed E-state index contributed by atoms with van der Waals surface area (Å²) >= 11 is 0. The molecule has 2 heteroatoms. The lowest BCUT2D eigenvalue weighted by Crippen LogP contribution is -2.03. The van der Waals surface area contributed by atoms with E-state index in [9.17, 15) is 9.59 Å². The minimum atomic E-state index is 0.227. The predicted octanol–water partition coefficient (Wildman–Crippen LogP) is 9.40. The van der Waals surface area contributed by atoms with Crippen LogP contribution in [-0.2, 0) is 9.59 Å². The second-order valence-corrected chi connectivity index (χ2v) is 8.83. The third-order valence-corrected chi connectivity index (χ3v) is 1.98. The zero-order valence-corrected chi connectivity index (χ0v) is 23.0. The Morgan fingerprint density at radius 3 is 0.571 bits per heavy atom. The van der Waals surface area contributed by atoms with Gasteiger partial charge in [0.05, 0.1) is 0 Å². The molecule has 0 bridgehead atoms. The molecule has 0 amide bonds. The van der Waals surface area contributed by atoms with E-state index < -0.39 is 0 Å². The van der Waals surface area contributed by atoms with Gasteiger partial charge < -0.3 is 0 Å². The highest BCUT2D eigenvalue weighted by Gasteiger charge is 2.01. The molecule has 2 nitrogen and oxygen atoms in total. The third kappa shape index (κ3) is 117. The van der Waals surface area contributed by atoms with Crippen molar-refractivity contribution in [2.24, 2.45) is 23.7 Å². The second kappa shape index (κ2) is 37.1. The number of hydrogen-bond acceptors (Lipinski definition) is 2. The first kappa shape index (κ1) is 41.7. The summed E-state index contributed by atoms with van der Waals surface area (Å²) in [4.78, 5) is 21.0. The van der Waals surface area contributed by atoms with Gasteiger partial charge in [0.2, 0.25) is 0 Å². The van der Waals surface area contributed by atoms with Crippen LogP contribution in [0, 0.1) is 23.7 Å². The summed E-state index contributed by atoms with van der Waals surface area (Å²) in [5.74, 6) is 2.81. The lowest BCUT2D eigenvalue weighted by atomic mass is 10.1. The van der Waals surface area contributed by atoms with Crippen molar-refractivity contribution >= 4 is 11.6 Å². The van der Waals surface area contributed by atoms with Crippen molar-refractivity contribution in [3.05, 3.63) is 0 Å². The molecule has 0 aromatic rings. The maximum Gasteiger partial charge on any atom is 0.135 e. The van der Waals surface area contributed by atoms with Crippen LogP contribution >= 0.6 is 0 Å². The van der Waals surface area contributed by atoms with E-state index in [2.05, 4.69) is 69.2 Å². The minimum Gasteiger partial charge on any atom is -0.299 e. The highest BCUT2D eigenvalue weighted by atomic mass is 16.1. The van der Waals surface area contributed by atoms with Crippen LogP contribution in [0.3, 0.4) is 0 Å². The number of rotatable bonds is 4. The number of Topliss-reactive ketones (excluding diaryl/α,β-unsaturated/α-hetero) is 2. The van der Waals surface area contributed by atoms with E-state index in [0.717, 1.165) is 11.8 Å². The summed E-state index contributed by atoms with van der Waals surface area (Å²) < 4.78 is 0. The maximum atomic E-state index is 10.5. The number of carbonyl (C=O) groups is 2. The summed E-state index contributed by atoms with van der Waals surface area (Å²) in [6, 6.07) is 0. The van der Waals surface area contributed by atoms with Gasteiger partial charge in [0, 0.05) is 24.7 Å². The smallest absolute Gasteiger partial charge is 0.135 e. The molecule has 0 aromatic carbocycles. The molecule has 0 heterocycles. The van der Waals surface area contributed by atoms with E-state index in [1.54, 1.807) is 0 Å². The SMILES string of the molecule is CC(C)C.CC(C)C.CCC.CCC.CCC(=O)C(C)C.CCC(=O)C(C)C. The monoisotopic (exact) mass is 404 g/mol. The Bertz CT molecular complexity index is 230. The molecular formula is C26H60O2. The molecule has 28 heavy (non-hydrogen) atoms. The largest absolute Gasteiger partial charge is 0.299 e. The topological polar surface area (TPSA) is 34.1 Å². The van der Waals surface area contributed by atoms with Crippen LogP contribution < -0.4 is 0 Å². The van der Waals surface area contributed by atoms with Crippen LogP contribution in [0.1, 0.15) is 136 Å².